The number of hydrogen-bond acceptors (Lipinski definition) is 5. The third kappa shape index (κ3) is 5.89. The first kappa shape index (κ1) is 25.5. The Labute approximate surface area is 197 Å². The molecule has 0 aliphatic carbocycles. The number of hydrogen-bond donors (Lipinski definition) is 1. The van der Waals surface area contributed by atoms with Gasteiger partial charge >= 0.3 is 0 Å². The number of aryl methyl sites for hydroxylation is 4. The van der Waals surface area contributed by atoms with E-state index in [4.69, 9.17) is 4.18 Å². The van der Waals surface area contributed by atoms with Crippen molar-refractivity contribution in [2.24, 2.45) is 0 Å². The highest BCUT2D eigenvalue weighted by Gasteiger charge is 2.25. The molecule has 33 heavy (non-hydrogen) atoms. The van der Waals surface area contributed by atoms with Crippen LogP contribution in [0.25, 0.3) is 0 Å². The molecule has 0 saturated heterocycles. The van der Waals surface area contributed by atoms with E-state index in [2.05, 4.69) is 6.07 Å². The van der Waals surface area contributed by atoms with E-state index in [1.54, 1.807) is 24.3 Å². The predicted octanol–water partition coefficient (Wildman–Crippen LogP) is 3.40. The van der Waals surface area contributed by atoms with Crippen LogP contribution in [0.2, 0.25) is 0 Å². The molecule has 9 heteroatoms. The van der Waals surface area contributed by atoms with Crippen LogP contribution in [0.1, 0.15) is 27.8 Å². The summed E-state index contributed by atoms with van der Waals surface area (Å²) >= 11 is 0. The lowest BCUT2D eigenvalue weighted by Crippen LogP contribution is -2.27. The molecule has 0 saturated carbocycles. The lowest BCUT2D eigenvalue weighted by molar-refractivity contribution is 0.398. The van der Waals surface area contributed by atoms with Gasteiger partial charge in [0.15, 0.2) is 0 Å². The van der Waals surface area contributed by atoms with E-state index >= 15 is 0 Å². The van der Waals surface area contributed by atoms with Gasteiger partial charge in [-0.05, 0) is 92.0 Å². The Morgan fingerprint density at radius 1 is 0.758 bits per heavy atom. The fourth-order valence-electron chi connectivity index (χ4n) is 3.63. The van der Waals surface area contributed by atoms with E-state index < -0.39 is 33.9 Å². The molecule has 0 aliphatic heterocycles. The third-order valence-electron chi connectivity index (χ3n) is 5.40. The molecule has 0 heterocycles. The molecular weight excluding hydrogens is 479 g/mol. The summed E-state index contributed by atoms with van der Waals surface area (Å²) < 4.78 is 62.1. The molecule has 0 radical (unpaired) electrons. The van der Waals surface area contributed by atoms with Crippen LogP contribution in [-0.4, -0.2) is 28.5 Å². The van der Waals surface area contributed by atoms with Crippen molar-refractivity contribution in [3.63, 3.8) is 0 Å². The average molecular weight is 507 g/mol. The van der Waals surface area contributed by atoms with Crippen molar-refractivity contribution < 1.29 is 25.6 Å². The van der Waals surface area contributed by atoms with Crippen molar-refractivity contribution in [1.29, 1.82) is 0 Å². The van der Waals surface area contributed by atoms with Crippen LogP contribution in [0, 0.1) is 27.7 Å². The molecule has 1 unspecified atom stereocenters. The van der Waals surface area contributed by atoms with Crippen molar-refractivity contribution in [2.75, 3.05) is 7.11 Å². The van der Waals surface area contributed by atoms with Gasteiger partial charge in [-0.1, -0.05) is 42.0 Å². The van der Waals surface area contributed by atoms with E-state index in [1.807, 2.05) is 45.9 Å². The predicted molar refractivity (Wildman–Crippen MR) is 134 cm³/mol. The molecule has 0 aliphatic rings. The largest absolute Gasteiger partial charge is 0.296 e. The molecule has 0 fully saturated rings. The SMILES string of the molecule is COS(=O)(=O)c1ccc(C)c(P(c2cc(C)ccc2C)c2cc(CS(=O)(=O)O)ccc2C)c1. The van der Waals surface area contributed by atoms with Gasteiger partial charge in [0, 0.05) is 0 Å². The lowest BCUT2D eigenvalue weighted by atomic mass is 10.2. The lowest BCUT2D eigenvalue weighted by Gasteiger charge is -2.26. The molecule has 176 valence electrons. The van der Waals surface area contributed by atoms with Crippen molar-refractivity contribution in [1.82, 2.24) is 0 Å². The summed E-state index contributed by atoms with van der Waals surface area (Å²) in [6.07, 6.45) is 0. The van der Waals surface area contributed by atoms with Crippen LogP contribution in [-0.2, 0) is 30.2 Å². The molecule has 3 rings (SSSR count). The highest BCUT2D eigenvalue weighted by Crippen LogP contribution is 2.38. The minimum atomic E-state index is -4.20. The van der Waals surface area contributed by atoms with Gasteiger partial charge < -0.3 is 0 Å². The van der Waals surface area contributed by atoms with Gasteiger partial charge in [-0.25, -0.2) is 0 Å². The second-order valence-electron chi connectivity index (χ2n) is 8.04. The highest BCUT2D eigenvalue weighted by molar-refractivity contribution is 7.87. The third-order valence-corrected chi connectivity index (χ3v) is 10.3. The summed E-state index contributed by atoms with van der Waals surface area (Å²) in [4.78, 5) is 0.0650. The van der Waals surface area contributed by atoms with Crippen LogP contribution in [0.3, 0.4) is 0 Å². The molecular formula is C24H27O6PS2. The summed E-state index contributed by atoms with van der Waals surface area (Å²) in [6.45, 7) is 7.87. The number of benzene rings is 3. The Balaban J connectivity index is 2.36. The van der Waals surface area contributed by atoms with Crippen LogP contribution < -0.4 is 15.9 Å². The first-order valence-corrected chi connectivity index (χ1v) is 14.5. The van der Waals surface area contributed by atoms with Crippen molar-refractivity contribution in [3.8, 4) is 0 Å². The summed E-state index contributed by atoms with van der Waals surface area (Å²) in [5.74, 6) is -0.493. The van der Waals surface area contributed by atoms with Gasteiger partial charge in [0.25, 0.3) is 20.2 Å². The first-order valence-electron chi connectivity index (χ1n) is 10.2. The summed E-state index contributed by atoms with van der Waals surface area (Å²) in [6, 6.07) is 16.4. The monoisotopic (exact) mass is 506 g/mol. The molecule has 6 nitrogen and oxygen atoms in total. The van der Waals surface area contributed by atoms with Crippen LogP contribution in [0.4, 0.5) is 0 Å². The summed E-state index contributed by atoms with van der Waals surface area (Å²) in [7, 11) is -8.22. The molecule has 1 N–H and O–H groups in total. The van der Waals surface area contributed by atoms with Gasteiger partial charge in [0.05, 0.1) is 12.0 Å². The number of rotatable bonds is 7. The standard InChI is InChI=1S/C24H27O6PS2/c1-16-6-7-17(2)22(12-16)31(23-13-20(10-8-18(23)3)15-32(25,26)27)24-14-21(11-9-19(24)4)33(28,29)30-5/h6-14H,15H2,1-5H3,(H,25,26,27). The minimum absolute atomic E-state index is 0.0650. The quantitative estimate of drug-likeness (QED) is 0.300. The van der Waals surface area contributed by atoms with E-state index in [9.17, 15) is 21.4 Å². The van der Waals surface area contributed by atoms with Gasteiger partial charge in [-0.3, -0.25) is 8.74 Å². The van der Waals surface area contributed by atoms with Crippen molar-refractivity contribution in [3.05, 3.63) is 82.4 Å². The molecule has 3 aromatic rings. The molecule has 0 spiro atoms. The maximum absolute atomic E-state index is 12.4. The Bertz CT molecular complexity index is 1410. The van der Waals surface area contributed by atoms with Crippen molar-refractivity contribution in [2.45, 2.75) is 38.3 Å². The van der Waals surface area contributed by atoms with Crippen LogP contribution in [0.15, 0.2) is 59.5 Å². The van der Waals surface area contributed by atoms with Crippen molar-refractivity contribution >= 4 is 44.1 Å². The van der Waals surface area contributed by atoms with Gasteiger partial charge in [0.2, 0.25) is 0 Å². The maximum Gasteiger partial charge on any atom is 0.296 e. The van der Waals surface area contributed by atoms with Gasteiger partial charge in [0.1, 0.15) is 5.75 Å². The minimum Gasteiger partial charge on any atom is -0.285 e. The van der Waals surface area contributed by atoms with Crippen LogP contribution in [0.5, 0.6) is 0 Å². The Kier molecular flexibility index (Phi) is 7.46. The second kappa shape index (κ2) is 9.65. The van der Waals surface area contributed by atoms with E-state index in [1.165, 1.54) is 6.07 Å². The molecule has 0 aromatic heterocycles. The van der Waals surface area contributed by atoms with Gasteiger partial charge in [-0.15, -0.1) is 0 Å². The zero-order chi connectivity index (χ0) is 24.6. The molecule has 0 amide bonds. The maximum atomic E-state index is 12.4. The van der Waals surface area contributed by atoms with Crippen LogP contribution >= 0.6 is 7.92 Å². The molecule has 0 bridgehead atoms. The molecule has 3 aromatic carbocycles. The van der Waals surface area contributed by atoms with E-state index in [0.29, 0.717) is 5.56 Å². The normalized spacial score (nSPS) is 13.2. The highest BCUT2D eigenvalue weighted by atomic mass is 32.2. The summed E-state index contributed by atoms with van der Waals surface area (Å²) in [5, 5.41) is 2.78. The Morgan fingerprint density at radius 2 is 1.27 bits per heavy atom. The van der Waals surface area contributed by atoms with E-state index in [-0.39, 0.29) is 4.90 Å². The first-order chi connectivity index (χ1) is 15.3. The fourth-order valence-corrected chi connectivity index (χ4v) is 7.96. The van der Waals surface area contributed by atoms with E-state index in [0.717, 1.165) is 45.3 Å². The molecule has 1 atom stereocenters. The van der Waals surface area contributed by atoms with Gasteiger partial charge in [-0.2, -0.15) is 16.8 Å². The second-order valence-corrected chi connectivity index (χ2v) is 13.3. The Morgan fingerprint density at radius 3 is 1.85 bits per heavy atom. The fraction of sp³-hybridized carbons (Fsp3) is 0.250. The zero-order valence-electron chi connectivity index (χ0n) is 19.2. The topological polar surface area (TPSA) is 97.7 Å². The smallest absolute Gasteiger partial charge is 0.285 e. The summed E-state index contributed by atoms with van der Waals surface area (Å²) in [5.41, 5.74) is 4.44. The zero-order valence-corrected chi connectivity index (χ0v) is 21.7. The average Bonchev–Trinajstić information content (AvgIpc) is 2.73. The Hall–Kier alpha value is -2.09.